The quantitative estimate of drug-likeness (QED) is 0.202. The van der Waals surface area contributed by atoms with Gasteiger partial charge < -0.3 is 9.13 Å². The van der Waals surface area contributed by atoms with Crippen LogP contribution in [-0.2, 0) is 7.05 Å². The second-order valence-electron chi connectivity index (χ2n) is 12.2. The van der Waals surface area contributed by atoms with Crippen LogP contribution in [0.4, 0.5) is 0 Å². The topological polar surface area (TPSA) is 26.0 Å². The van der Waals surface area contributed by atoms with Crippen molar-refractivity contribution in [3.63, 3.8) is 0 Å². The Labute approximate surface area is 249 Å². The SMILES string of the molecule is CC/C=C1\C(=C(/CC)c2cccc3c2nc(-c2cccc4c5ccccc5n(C)c24)n3C(C)C)CCN2CCC=CC12. The number of allylic oxidation sites excluding steroid dienone is 2. The van der Waals surface area contributed by atoms with E-state index in [0.29, 0.717) is 6.04 Å². The van der Waals surface area contributed by atoms with Crippen LogP contribution in [0.15, 0.2) is 90.0 Å². The molecule has 3 aromatic carbocycles. The van der Waals surface area contributed by atoms with E-state index in [1.165, 1.54) is 55.2 Å². The van der Waals surface area contributed by atoms with Gasteiger partial charge in [0.15, 0.2) is 0 Å². The summed E-state index contributed by atoms with van der Waals surface area (Å²) in [6.07, 6.45) is 11.6. The number of hydrogen-bond donors (Lipinski definition) is 0. The minimum absolute atomic E-state index is 0.272. The van der Waals surface area contributed by atoms with Crippen molar-refractivity contribution in [2.45, 2.75) is 65.5 Å². The van der Waals surface area contributed by atoms with Crippen molar-refractivity contribution < 1.29 is 0 Å². The maximum atomic E-state index is 5.55. The van der Waals surface area contributed by atoms with Crippen LogP contribution in [0.1, 0.15) is 65.0 Å². The maximum Gasteiger partial charge on any atom is 0.143 e. The van der Waals surface area contributed by atoms with Gasteiger partial charge >= 0.3 is 0 Å². The summed E-state index contributed by atoms with van der Waals surface area (Å²) in [5.74, 6) is 1.05. The van der Waals surface area contributed by atoms with Gasteiger partial charge in [-0.1, -0.05) is 74.5 Å². The smallest absolute Gasteiger partial charge is 0.143 e. The molecule has 1 atom stereocenters. The minimum Gasteiger partial charge on any atom is -0.343 e. The zero-order valence-electron chi connectivity index (χ0n) is 25.7. The van der Waals surface area contributed by atoms with Crippen molar-refractivity contribution in [1.82, 2.24) is 19.0 Å². The number of fused-ring (bicyclic) bond motifs is 5. The van der Waals surface area contributed by atoms with Gasteiger partial charge in [-0.25, -0.2) is 4.98 Å². The van der Waals surface area contributed by atoms with Crippen molar-refractivity contribution >= 4 is 38.4 Å². The monoisotopic (exact) mass is 554 g/mol. The lowest BCUT2D eigenvalue weighted by Crippen LogP contribution is -2.43. The van der Waals surface area contributed by atoms with Gasteiger partial charge in [-0.3, -0.25) is 4.90 Å². The Morgan fingerprint density at radius 3 is 2.55 bits per heavy atom. The van der Waals surface area contributed by atoms with E-state index in [1.807, 2.05) is 0 Å². The van der Waals surface area contributed by atoms with Gasteiger partial charge in [-0.15, -0.1) is 0 Å². The summed E-state index contributed by atoms with van der Waals surface area (Å²) < 4.78 is 4.80. The molecule has 2 aliphatic heterocycles. The predicted molar refractivity (Wildman–Crippen MR) is 179 cm³/mol. The minimum atomic E-state index is 0.272. The van der Waals surface area contributed by atoms with Crippen LogP contribution >= 0.6 is 0 Å². The molecule has 0 saturated carbocycles. The van der Waals surface area contributed by atoms with Gasteiger partial charge in [0.25, 0.3) is 0 Å². The zero-order chi connectivity index (χ0) is 29.0. The lowest BCUT2D eigenvalue weighted by Gasteiger charge is -2.40. The average molecular weight is 555 g/mol. The summed E-state index contributed by atoms with van der Waals surface area (Å²) >= 11 is 0. The Morgan fingerprint density at radius 2 is 1.74 bits per heavy atom. The van der Waals surface area contributed by atoms with E-state index < -0.39 is 0 Å². The van der Waals surface area contributed by atoms with Crippen molar-refractivity contribution in [2.24, 2.45) is 7.05 Å². The second kappa shape index (κ2) is 10.7. The van der Waals surface area contributed by atoms with E-state index in [1.54, 1.807) is 0 Å². The summed E-state index contributed by atoms with van der Waals surface area (Å²) in [5, 5.41) is 2.58. The fourth-order valence-electron chi connectivity index (χ4n) is 7.70. The molecule has 4 heteroatoms. The number of aryl methyl sites for hydroxylation is 1. The van der Waals surface area contributed by atoms with Crippen molar-refractivity contribution in [2.75, 3.05) is 13.1 Å². The maximum absolute atomic E-state index is 5.55. The summed E-state index contributed by atoms with van der Waals surface area (Å²) in [6, 6.07) is 22.9. The molecule has 2 aromatic heterocycles. The van der Waals surface area contributed by atoms with Gasteiger partial charge in [0.1, 0.15) is 5.82 Å². The van der Waals surface area contributed by atoms with Gasteiger partial charge in [0.05, 0.1) is 22.6 Å². The molecule has 214 valence electrons. The molecule has 1 saturated heterocycles. The molecule has 0 aliphatic carbocycles. The molecule has 0 amide bonds. The van der Waals surface area contributed by atoms with Crippen LogP contribution in [0, 0.1) is 0 Å². The molecular weight excluding hydrogens is 512 g/mol. The summed E-state index contributed by atoms with van der Waals surface area (Å²) in [7, 11) is 2.19. The Morgan fingerprint density at radius 1 is 0.952 bits per heavy atom. The first kappa shape index (κ1) is 27.0. The fourth-order valence-corrected chi connectivity index (χ4v) is 7.70. The van der Waals surface area contributed by atoms with Crippen LogP contribution < -0.4 is 0 Å². The zero-order valence-corrected chi connectivity index (χ0v) is 25.7. The molecule has 1 fully saturated rings. The van der Waals surface area contributed by atoms with Crippen LogP contribution in [-0.4, -0.2) is 38.1 Å². The van der Waals surface area contributed by atoms with Gasteiger partial charge in [-0.2, -0.15) is 0 Å². The third-order valence-electron chi connectivity index (χ3n) is 9.48. The Bertz CT molecular complexity index is 1910. The fraction of sp³-hybridized carbons (Fsp3) is 0.342. The summed E-state index contributed by atoms with van der Waals surface area (Å²) in [6.45, 7) is 11.4. The molecule has 0 N–H and O–H groups in total. The van der Waals surface area contributed by atoms with Gasteiger partial charge in [-0.05, 0) is 74.4 Å². The normalized spacial score (nSPS) is 20.0. The van der Waals surface area contributed by atoms with Crippen LogP contribution in [0.5, 0.6) is 0 Å². The third-order valence-corrected chi connectivity index (χ3v) is 9.48. The van der Waals surface area contributed by atoms with E-state index in [9.17, 15) is 0 Å². The number of rotatable bonds is 5. The molecule has 7 rings (SSSR count). The van der Waals surface area contributed by atoms with Crippen LogP contribution in [0.3, 0.4) is 0 Å². The molecule has 1 unspecified atom stereocenters. The highest BCUT2D eigenvalue weighted by Crippen LogP contribution is 2.42. The molecule has 0 spiro atoms. The lowest BCUT2D eigenvalue weighted by molar-refractivity contribution is 0.234. The van der Waals surface area contributed by atoms with Crippen molar-refractivity contribution in [3.8, 4) is 11.4 Å². The van der Waals surface area contributed by atoms with E-state index >= 15 is 0 Å². The number of nitrogens with zero attached hydrogens (tertiary/aromatic N) is 4. The van der Waals surface area contributed by atoms with E-state index in [2.05, 4.69) is 128 Å². The highest BCUT2D eigenvalue weighted by atomic mass is 15.2. The van der Waals surface area contributed by atoms with Crippen molar-refractivity contribution in [3.05, 3.63) is 95.6 Å². The molecule has 2 aliphatic rings. The highest BCUT2D eigenvalue weighted by Gasteiger charge is 2.31. The van der Waals surface area contributed by atoms with Crippen LogP contribution in [0.2, 0.25) is 0 Å². The van der Waals surface area contributed by atoms with E-state index in [4.69, 9.17) is 4.98 Å². The highest BCUT2D eigenvalue weighted by molar-refractivity contribution is 6.12. The first-order chi connectivity index (χ1) is 20.5. The number of benzene rings is 3. The Hall–Kier alpha value is -3.89. The molecule has 42 heavy (non-hydrogen) atoms. The number of imidazole rings is 1. The number of hydrogen-bond acceptors (Lipinski definition) is 2. The number of piperidine rings is 1. The van der Waals surface area contributed by atoms with Gasteiger partial charge in [0.2, 0.25) is 0 Å². The largest absolute Gasteiger partial charge is 0.343 e. The third kappa shape index (κ3) is 4.11. The second-order valence-corrected chi connectivity index (χ2v) is 12.2. The molecule has 4 nitrogen and oxygen atoms in total. The van der Waals surface area contributed by atoms with Crippen LogP contribution in [0.25, 0.3) is 49.8 Å². The summed E-state index contributed by atoms with van der Waals surface area (Å²) in [5.41, 5.74) is 11.8. The van der Waals surface area contributed by atoms with E-state index in [-0.39, 0.29) is 6.04 Å². The molecule has 5 aromatic rings. The number of aromatic nitrogens is 3. The van der Waals surface area contributed by atoms with Gasteiger partial charge in [0, 0.05) is 53.6 Å². The molecule has 0 bridgehead atoms. The first-order valence-corrected chi connectivity index (χ1v) is 15.8. The Balaban J connectivity index is 1.49. The summed E-state index contributed by atoms with van der Waals surface area (Å²) in [4.78, 5) is 8.21. The molecular formula is C38H42N4. The number of para-hydroxylation sites is 3. The molecule has 0 radical (unpaired) electrons. The predicted octanol–water partition coefficient (Wildman–Crippen LogP) is 9.46. The standard InChI is InChI=1S/C38H42N4/c1-6-14-28-27(22-24-41-23-11-10-20-34(28)41)26(7-2)30-16-13-21-35-36(30)39-38(42(35)25(3)4)32-18-12-17-31-29-15-8-9-19-33(29)40(5)37(31)32/h8-10,12-21,25,34H,6-7,11,22-24H2,1-5H3/b27-26+,28-14+. The van der Waals surface area contributed by atoms with Crippen molar-refractivity contribution in [1.29, 1.82) is 0 Å². The first-order valence-electron chi connectivity index (χ1n) is 15.8. The average Bonchev–Trinajstić information content (AvgIpc) is 3.55. The Kier molecular flexibility index (Phi) is 6.90. The lowest BCUT2D eigenvalue weighted by atomic mass is 9.82. The molecule has 4 heterocycles. The van der Waals surface area contributed by atoms with E-state index in [0.717, 1.165) is 50.1 Å².